The van der Waals surface area contributed by atoms with Crippen molar-refractivity contribution in [1.82, 2.24) is 4.98 Å². The SMILES string of the molecule is C=C(C)c1c(=O)[nH]cc[n+]1[O-]. The van der Waals surface area contributed by atoms with Gasteiger partial charge in [0.15, 0.2) is 6.20 Å². The first kappa shape index (κ1) is 7.53. The molecule has 0 atom stereocenters. The highest BCUT2D eigenvalue weighted by molar-refractivity contribution is 5.54. The van der Waals surface area contributed by atoms with Crippen molar-refractivity contribution < 1.29 is 4.73 Å². The molecule has 1 aromatic heterocycles. The van der Waals surface area contributed by atoms with Gasteiger partial charge < -0.3 is 10.2 Å². The van der Waals surface area contributed by atoms with Gasteiger partial charge in [-0.2, -0.15) is 4.73 Å². The Morgan fingerprint density at radius 3 is 2.82 bits per heavy atom. The maximum atomic E-state index is 10.9. The van der Waals surface area contributed by atoms with Crippen molar-refractivity contribution >= 4 is 5.57 Å². The molecule has 0 unspecified atom stereocenters. The second-order valence-electron chi connectivity index (χ2n) is 2.24. The highest BCUT2D eigenvalue weighted by atomic mass is 16.5. The minimum absolute atomic E-state index is 0.0625. The Labute approximate surface area is 63.4 Å². The van der Waals surface area contributed by atoms with Crippen molar-refractivity contribution in [3.63, 3.8) is 0 Å². The lowest BCUT2D eigenvalue weighted by Gasteiger charge is -1.99. The molecule has 0 aliphatic heterocycles. The summed E-state index contributed by atoms with van der Waals surface area (Å²) in [6.45, 7) is 5.12. The average molecular weight is 152 g/mol. The summed E-state index contributed by atoms with van der Waals surface area (Å²) in [6.07, 6.45) is 2.52. The van der Waals surface area contributed by atoms with Gasteiger partial charge in [0.2, 0.25) is 0 Å². The van der Waals surface area contributed by atoms with Gasteiger partial charge in [-0.25, -0.2) is 0 Å². The second kappa shape index (κ2) is 2.57. The summed E-state index contributed by atoms with van der Waals surface area (Å²) in [5.41, 5.74) is 0.115. The molecular formula is C7H8N2O2. The molecule has 0 spiro atoms. The molecule has 0 aliphatic rings. The van der Waals surface area contributed by atoms with E-state index in [1.165, 1.54) is 12.4 Å². The van der Waals surface area contributed by atoms with Gasteiger partial charge in [-0.05, 0) is 6.92 Å². The Bertz CT molecular complexity index is 341. The molecular weight excluding hydrogens is 144 g/mol. The highest BCUT2D eigenvalue weighted by Crippen LogP contribution is 1.96. The highest BCUT2D eigenvalue weighted by Gasteiger charge is 2.09. The quantitative estimate of drug-likeness (QED) is 0.456. The predicted molar refractivity (Wildman–Crippen MR) is 40.7 cm³/mol. The number of allylic oxidation sites excluding steroid dienone is 1. The first-order chi connectivity index (χ1) is 5.13. The molecule has 0 aliphatic carbocycles. The van der Waals surface area contributed by atoms with Crippen LogP contribution < -0.4 is 10.3 Å². The lowest BCUT2D eigenvalue weighted by Crippen LogP contribution is -2.37. The van der Waals surface area contributed by atoms with E-state index in [-0.39, 0.29) is 5.69 Å². The molecule has 0 saturated carbocycles. The zero-order chi connectivity index (χ0) is 8.43. The van der Waals surface area contributed by atoms with Crippen LogP contribution in [0.2, 0.25) is 0 Å². The van der Waals surface area contributed by atoms with E-state index >= 15 is 0 Å². The van der Waals surface area contributed by atoms with E-state index in [2.05, 4.69) is 11.6 Å². The summed E-state index contributed by atoms with van der Waals surface area (Å²) in [4.78, 5) is 13.3. The molecule has 0 radical (unpaired) electrons. The Morgan fingerprint density at radius 1 is 1.82 bits per heavy atom. The van der Waals surface area contributed by atoms with Crippen LogP contribution in [0.4, 0.5) is 0 Å². The zero-order valence-electron chi connectivity index (χ0n) is 6.13. The molecule has 0 fully saturated rings. The normalized spacial score (nSPS) is 9.55. The van der Waals surface area contributed by atoms with Gasteiger partial charge in [0.25, 0.3) is 5.69 Å². The lowest BCUT2D eigenvalue weighted by molar-refractivity contribution is -0.609. The third-order valence-corrected chi connectivity index (χ3v) is 1.26. The summed E-state index contributed by atoms with van der Waals surface area (Å²) in [6, 6.07) is 0. The molecule has 0 amide bonds. The molecule has 1 N–H and O–H groups in total. The molecule has 0 bridgehead atoms. The van der Waals surface area contributed by atoms with Gasteiger partial charge in [0, 0.05) is 5.57 Å². The number of rotatable bonds is 1. The number of H-pyrrole nitrogens is 1. The van der Waals surface area contributed by atoms with E-state index in [0.717, 1.165) is 0 Å². The topological polar surface area (TPSA) is 59.8 Å². The van der Waals surface area contributed by atoms with Crippen LogP contribution >= 0.6 is 0 Å². The van der Waals surface area contributed by atoms with E-state index in [1.54, 1.807) is 6.92 Å². The van der Waals surface area contributed by atoms with E-state index in [0.29, 0.717) is 10.3 Å². The molecule has 1 rings (SSSR count). The maximum absolute atomic E-state index is 10.9. The minimum Gasteiger partial charge on any atom is -0.618 e. The van der Waals surface area contributed by atoms with Crippen LogP contribution in [0.3, 0.4) is 0 Å². The van der Waals surface area contributed by atoms with Gasteiger partial charge in [-0.15, -0.1) is 0 Å². The van der Waals surface area contributed by atoms with Crippen molar-refractivity contribution in [2.24, 2.45) is 0 Å². The molecule has 1 aromatic rings. The molecule has 0 saturated heterocycles. The first-order valence-corrected chi connectivity index (χ1v) is 3.09. The Hall–Kier alpha value is -1.58. The largest absolute Gasteiger partial charge is 0.618 e. The number of aromatic amines is 1. The third kappa shape index (κ3) is 1.29. The van der Waals surface area contributed by atoms with Crippen molar-refractivity contribution in [2.75, 3.05) is 0 Å². The smallest absolute Gasteiger partial charge is 0.321 e. The fourth-order valence-electron chi connectivity index (χ4n) is 0.806. The molecule has 4 nitrogen and oxygen atoms in total. The van der Waals surface area contributed by atoms with Crippen LogP contribution in [0.15, 0.2) is 23.8 Å². The summed E-state index contributed by atoms with van der Waals surface area (Å²) < 4.78 is 0.501. The monoisotopic (exact) mass is 152 g/mol. The van der Waals surface area contributed by atoms with Gasteiger partial charge in [-0.3, -0.25) is 4.79 Å². The number of aromatic nitrogens is 2. The van der Waals surface area contributed by atoms with Crippen LogP contribution in [0.5, 0.6) is 0 Å². The molecule has 11 heavy (non-hydrogen) atoms. The van der Waals surface area contributed by atoms with Gasteiger partial charge in [-0.1, -0.05) is 6.58 Å². The van der Waals surface area contributed by atoms with Crippen molar-refractivity contribution in [3.8, 4) is 0 Å². The number of nitrogens with one attached hydrogen (secondary N) is 1. The van der Waals surface area contributed by atoms with Gasteiger partial charge >= 0.3 is 5.56 Å². The second-order valence-corrected chi connectivity index (χ2v) is 2.24. The number of nitrogens with zero attached hydrogens (tertiary/aromatic N) is 1. The van der Waals surface area contributed by atoms with Crippen molar-refractivity contribution in [3.05, 3.63) is 40.2 Å². The van der Waals surface area contributed by atoms with E-state index in [1.807, 2.05) is 0 Å². The van der Waals surface area contributed by atoms with E-state index in [9.17, 15) is 10.0 Å². The van der Waals surface area contributed by atoms with Crippen LogP contribution in [0.25, 0.3) is 5.57 Å². The van der Waals surface area contributed by atoms with Crippen LogP contribution in [-0.4, -0.2) is 4.98 Å². The Kier molecular flexibility index (Phi) is 1.76. The van der Waals surface area contributed by atoms with Crippen molar-refractivity contribution in [2.45, 2.75) is 6.92 Å². The summed E-state index contributed by atoms with van der Waals surface area (Å²) in [5, 5.41) is 10.9. The van der Waals surface area contributed by atoms with Crippen LogP contribution in [-0.2, 0) is 0 Å². The van der Waals surface area contributed by atoms with Gasteiger partial charge in [0.05, 0.1) is 6.20 Å². The fourth-order valence-corrected chi connectivity index (χ4v) is 0.806. The summed E-state index contributed by atoms with van der Waals surface area (Å²) >= 11 is 0. The van der Waals surface area contributed by atoms with Crippen LogP contribution in [0, 0.1) is 5.21 Å². The molecule has 0 aromatic carbocycles. The van der Waals surface area contributed by atoms with Crippen molar-refractivity contribution in [1.29, 1.82) is 0 Å². The predicted octanol–water partition coefficient (Wildman–Crippen LogP) is 0.0414. The molecule has 1 heterocycles. The number of hydrogen-bond donors (Lipinski definition) is 1. The number of hydrogen-bond acceptors (Lipinski definition) is 2. The average Bonchev–Trinajstić information content (AvgIpc) is 1.85. The van der Waals surface area contributed by atoms with E-state index < -0.39 is 5.56 Å². The maximum Gasteiger partial charge on any atom is 0.321 e. The minimum atomic E-state index is -0.407. The summed E-state index contributed by atoms with van der Waals surface area (Å²) in [7, 11) is 0. The molecule has 4 heteroatoms. The fraction of sp³-hybridized carbons (Fsp3) is 0.143. The summed E-state index contributed by atoms with van der Waals surface area (Å²) in [5.74, 6) is 0. The zero-order valence-corrected chi connectivity index (χ0v) is 6.13. The molecule has 58 valence electrons. The van der Waals surface area contributed by atoms with Gasteiger partial charge in [0.1, 0.15) is 0 Å². The lowest BCUT2D eigenvalue weighted by atomic mass is 10.2. The first-order valence-electron chi connectivity index (χ1n) is 3.09. The third-order valence-electron chi connectivity index (χ3n) is 1.26. The standard InChI is InChI=1S/C7H8N2O2/c1-5(2)6-7(10)8-3-4-9(6)11/h3-4H,1H2,2H3,(H,8,10). The van der Waals surface area contributed by atoms with Crippen LogP contribution in [0.1, 0.15) is 12.6 Å². The Morgan fingerprint density at radius 2 is 2.45 bits per heavy atom. The van der Waals surface area contributed by atoms with E-state index in [4.69, 9.17) is 0 Å². The Balaban J connectivity index is 3.45.